The van der Waals surface area contributed by atoms with Crippen molar-refractivity contribution in [1.29, 1.82) is 0 Å². The van der Waals surface area contributed by atoms with E-state index in [-0.39, 0.29) is 24.1 Å². The molecule has 1 atom stereocenters. The Labute approximate surface area is 161 Å². The number of nitrogens with one attached hydrogen (secondary N) is 2. The Bertz CT molecular complexity index is 1250. The number of carbonyl (C=O) groups is 1. The summed E-state index contributed by atoms with van der Waals surface area (Å²) in [5.41, 5.74) is 3.22. The third-order valence-electron chi connectivity index (χ3n) is 5.51. The Kier molecular flexibility index (Phi) is 3.97. The van der Waals surface area contributed by atoms with Crippen LogP contribution in [0.25, 0.3) is 21.7 Å². The molecule has 2 N–H and O–H groups in total. The monoisotopic (exact) mass is 372 g/mol. The lowest BCUT2D eigenvalue weighted by atomic mass is 9.91. The minimum atomic E-state index is -0.247. The topological polar surface area (TPSA) is 79.8 Å². The van der Waals surface area contributed by atoms with Gasteiger partial charge in [0.15, 0.2) is 0 Å². The molecule has 0 fully saturated rings. The van der Waals surface area contributed by atoms with Gasteiger partial charge >= 0.3 is 0 Å². The van der Waals surface area contributed by atoms with E-state index in [4.69, 9.17) is 0 Å². The molecule has 2 heterocycles. The summed E-state index contributed by atoms with van der Waals surface area (Å²) in [4.78, 5) is 28.7. The summed E-state index contributed by atoms with van der Waals surface area (Å²) < 4.78 is 1.23. The normalized spacial score (nSPS) is 16.2. The molecule has 0 radical (unpaired) electrons. The highest BCUT2D eigenvalue weighted by Gasteiger charge is 2.25. The van der Waals surface area contributed by atoms with Gasteiger partial charge in [0.2, 0.25) is 5.91 Å². The van der Waals surface area contributed by atoms with E-state index in [9.17, 15) is 9.59 Å². The van der Waals surface area contributed by atoms with E-state index in [0.717, 1.165) is 35.9 Å². The predicted molar refractivity (Wildman–Crippen MR) is 108 cm³/mol. The van der Waals surface area contributed by atoms with Gasteiger partial charge < -0.3 is 10.3 Å². The van der Waals surface area contributed by atoms with Crippen LogP contribution in [0.1, 0.15) is 30.1 Å². The molecule has 0 spiro atoms. The molecule has 28 heavy (non-hydrogen) atoms. The summed E-state index contributed by atoms with van der Waals surface area (Å²) in [6.45, 7) is -0.0876. The second kappa shape index (κ2) is 6.64. The summed E-state index contributed by atoms with van der Waals surface area (Å²) in [6, 6.07) is 15.4. The third kappa shape index (κ3) is 2.78. The second-order valence-corrected chi connectivity index (χ2v) is 7.27. The van der Waals surface area contributed by atoms with Gasteiger partial charge in [-0.2, -0.15) is 5.10 Å². The molecule has 0 saturated heterocycles. The molecule has 0 unspecified atom stereocenters. The lowest BCUT2D eigenvalue weighted by Gasteiger charge is -2.24. The number of rotatable bonds is 3. The Balaban J connectivity index is 1.40. The zero-order chi connectivity index (χ0) is 19.1. The fourth-order valence-corrected chi connectivity index (χ4v) is 4.18. The molecule has 5 rings (SSSR count). The maximum absolute atomic E-state index is 12.7. The number of amides is 1. The number of hydrogen-bond acceptors (Lipinski definition) is 3. The number of benzene rings is 2. The van der Waals surface area contributed by atoms with Gasteiger partial charge in [0.05, 0.1) is 17.6 Å². The van der Waals surface area contributed by atoms with Gasteiger partial charge in [0, 0.05) is 22.0 Å². The minimum Gasteiger partial charge on any atom is -0.356 e. The smallest absolute Gasteiger partial charge is 0.275 e. The van der Waals surface area contributed by atoms with Crippen LogP contribution in [-0.2, 0) is 17.8 Å². The number of carbonyl (C=O) groups excluding carboxylic acids is 1. The number of aromatic amines is 1. The molecule has 1 amide bonds. The quantitative estimate of drug-likeness (QED) is 0.580. The molecule has 140 valence electrons. The van der Waals surface area contributed by atoms with Gasteiger partial charge in [-0.1, -0.05) is 36.4 Å². The number of aryl methyl sites for hydroxylation is 1. The first kappa shape index (κ1) is 16.7. The van der Waals surface area contributed by atoms with Crippen molar-refractivity contribution < 1.29 is 4.79 Å². The van der Waals surface area contributed by atoms with Crippen LogP contribution < -0.4 is 10.9 Å². The Morgan fingerprint density at radius 1 is 1.14 bits per heavy atom. The first-order chi connectivity index (χ1) is 13.7. The average Bonchev–Trinajstić information content (AvgIpc) is 3.10. The van der Waals surface area contributed by atoms with Crippen molar-refractivity contribution in [2.75, 3.05) is 0 Å². The van der Waals surface area contributed by atoms with E-state index in [1.807, 2.05) is 30.3 Å². The molecule has 6 nitrogen and oxygen atoms in total. The van der Waals surface area contributed by atoms with Crippen molar-refractivity contribution in [2.24, 2.45) is 0 Å². The van der Waals surface area contributed by atoms with Gasteiger partial charge in [-0.05, 0) is 37.0 Å². The maximum Gasteiger partial charge on any atom is 0.275 e. The summed E-state index contributed by atoms with van der Waals surface area (Å²) in [5, 5.41) is 9.82. The van der Waals surface area contributed by atoms with Gasteiger partial charge in [-0.15, -0.1) is 0 Å². The molecule has 4 aromatic rings. The van der Waals surface area contributed by atoms with Crippen LogP contribution in [0.2, 0.25) is 0 Å². The van der Waals surface area contributed by atoms with Crippen LogP contribution >= 0.6 is 0 Å². The largest absolute Gasteiger partial charge is 0.356 e. The highest BCUT2D eigenvalue weighted by Crippen LogP contribution is 2.34. The van der Waals surface area contributed by atoms with Crippen LogP contribution in [-0.4, -0.2) is 20.7 Å². The molecule has 0 aliphatic heterocycles. The average molecular weight is 372 g/mol. The van der Waals surface area contributed by atoms with Crippen molar-refractivity contribution in [3.05, 3.63) is 76.3 Å². The molecular formula is C22H20N4O2. The van der Waals surface area contributed by atoms with Gasteiger partial charge in [0.1, 0.15) is 6.54 Å². The zero-order valence-corrected chi connectivity index (χ0v) is 15.3. The van der Waals surface area contributed by atoms with Crippen molar-refractivity contribution in [1.82, 2.24) is 20.1 Å². The van der Waals surface area contributed by atoms with E-state index in [1.165, 1.54) is 15.6 Å². The van der Waals surface area contributed by atoms with Crippen LogP contribution in [0.5, 0.6) is 0 Å². The SMILES string of the molecule is O=C(Cn1ncc2ccccc2c1=O)N[C@H]1CCCc2c1[nH]c1ccccc21. The van der Waals surface area contributed by atoms with E-state index in [2.05, 4.69) is 27.5 Å². The van der Waals surface area contributed by atoms with Crippen LogP contribution in [0.3, 0.4) is 0 Å². The molecule has 6 heteroatoms. The number of H-pyrrole nitrogens is 1. The Morgan fingerprint density at radius 3 is 2.82 bits per heavy atom. The number of aromatic nitrogens is 3. The van der Waals surface area contributed by atoms with Gasteiger partial charge in [-0.3, -0.25) is 9.59 Å². The van der Waals surface area contributed by atoms with E-state index in [1.54, 1.807) is 12.3 Å². The summed E-state index contributed by atoms with van der Waals surface area (Å²) in [6.07, 6.45) is 4.54. The fraction of sp³-hybridized carbons (Fsp3) is 0.227. The lowest BCUT2D eigenvalue weighted by molar-refractivity contribution is -0.122. The first-order valence-corrected chi connectivity index (χ1v) is 9.54. The second-order valence-electron chi connectivity index (χ2n) is 7.27. The van der Waals surface area contributed by atoms with Crippen LogP contribution in [0.15, 0.2) is 59.5 Å². The van der Waals surface area contributed by atoms with Gasteiger partial charge in [0.25, 0.3) is 5.56 Å². The highest BCUT2D eigenvalue weighted by atomic mass is 16.2. The summed E-state index contributed by atoms with van der Waals surface area (Å²) in [5.74, 6) is -0.207. The van der Waals surface area contributed by atoms with Crippen LogP contribution in [0.4, 0.5) is 0 Å². The van der Waals surface area contributed by atoms with E-state index in [0.29, 0.717) is 5.39 Å². The van der Waals surface area contributed by atoms with Crippen molar-refractivity contribution >= 4 is 27.6 Å². The molecule has 1 aliphatic rings. The van der Waals surface area contributed by atoms with E-state index < -0.39 is 0 Å². The standard InChI is InChI=1S/C22H20N4O2/c27-20(13-26-22(28)15-7-2-1-6-14(15)12-23-26)24-19-11-5-9-17-16-8-3-4-10-18(16)25-21(17)19/h1-4,6-8,10,12,19,25H,5,9,11,13H2,(H,24,27)/t19-/m0/s1. The fourth-order valence-electron chi connectivity index (χ4n) is 4.18. The van der Waals surface area contributed by atoms with Crippen LogP contribution in [0, 0.1) is 0 Å². The summed E-state index contributed by atoms with van der Waals surface area (Å²) in [7, 11) is 0. The van der Waals surface area contributed by atoms with E-state index >= 15 is 0 Å². The van der Waals surface area contributed by atoms with Crippen molar-refractivity contribution in [3.63, 3.8) is 0 Å². The van der Waals surface area contributed by atoms with Gasteiger partial charge in [-0.25, -0.2) is 4.68 Å². The predicted octanol–water partition coefficient (Wildman–Crippen LogP) is 3.07. The number of para-hydroxylation sites is 1. The van der Waals surface area contributed by atoms with Crippen molar-refractivity contribution in [3.8, 4) is 0 Å². The first-order valence-electron chi connectivity index (χ1n) is 9.54. The minimum absolute atomic E-state index is 0.0696. The third-order valence-corrected chi connectivity index (χ3v) is 5.51. The molecular weight excluding hydrogens is 352 g/mol. The number of hydrogen-bond donors (Lipinski definition) is 2. The molecule has 2 aromatic heterocycles. The molecule has 1 aliphatic carbocycles. The highest BCUT2D eigenvalue weighted by molar-refractivity contribution is 5.86. The zero-order valence-electron chi connectivity index (χ0n) is 15.3. The van der Waals surface area contributed by atoms with Crippen molar-refractivity contribution in [2.45, 2.75) is 31.8 Å². The lowest BCUT2D eigenvalue weighted by Crippen LogP contribution is -2.36. The summed E-state index contributed by atoms with van der Waals surface area (Å²) >= 11 is 0. The molecule has 0 saturated carbocycles. The molecule has 0 bridgehead atoms. The maximum atomic E-state index is 12.7. The Hall–Kier alpha value is -3.41. The molecule has 2 aromatic carbocycles. The number of fused-ring (bicyclic) bond motifs is 4. The number of nitrogens with zero attached hydrogens (tertiary/aromatic N) is 2. The Morgan fingerprint density at radius 2 is 1.93 bits per heavy atom.